The molecule has 2 aliphatic rings. The van der Waals surface area contributed by atoms with Crippen LogP contribution in [0.5, 0.6) is 5.75 Å². The first-order valence-electron chi connectivity index (χ1n) is 10.0. The number of benzene rings is 1. The van der Waals surface area contributed by atoms with Crippen molar-refractivity contribution in [3.8, 4) is 5.75 Å². The first-order valence-corrected chi connectivity index (χ1v) is 10.0. The Morgan fingerprint density at radius 1 is 1.11 bits per heavy atom. The van der Waals surface area contributed by atoms with E-state index >= 15 is 0 Å². The molecule has 1 aliphatic heterocycles. The molecule has 2 amide bonds. The maximum absolute atomic E-state index is 12.8. The molecule has 1 saturated heterocycles. The second-order valence-corrected chi connectivity index (χ2v) is 7.66. The molecule has 1 unspecified atom stereocenters. The summed E-state index contributed by atoms with van der Waals surface area (Å²) in [7, 11) is 1.69. The van der Waals surface area contributed by atoms with E-state index in [1.807, 2.05) is 18.2 Å². The number of amides is 2. The van der Waals surface area contributed by atoms with Crippen LogP contribution in [0.2, 0.25) is 0 Å². The van der Waals surface area contributed by atoms with Gasteiger partial charge in [-0.15, -0.1) is 0 Å². The summed E-state index contributed by atoms with van der Waals surface area (Å²) in [4.78, 5) is 26.7. The van der Waals surface area contributed by atoms with Crippen LogP contribution in [-0.2, 0) is 9.59 Å². The molecule has 1 atom stereocenters. The molecular formula is C21H31N3O3. The monoisotopic (exact) mass is 373 g/mol. The highest BCUT2D eigenvalue weighted by molar-refractivity contribution is 5.87. The summed E-state index contributed by atoms with van der Waals surface area (Å²) in [6.45, 7) is 3.24. The standard InChI is InChI=1S/C21H31N3O3/c1-15(25)22-20(16-7-3-4-8-16)21(26)23-17-11-13-24(14-12-17)18-9-5-6-10-19(18)27-2/h5-6,9-10,16-17,20H,3-4,7-8,11-14H2,1-2H3,(H,22,25)(H,23,26). The average Bonchev–Trinajstić information content (AvgIpc) is 3.21. The van der Waals surface area contributed by atoms with Gasteiger partial charge in [0.2, 0.25) is 11.8 Å². The van der Waals surface area contributed by atoms with Gasteiger partial charge in [-0.1, -0.05) is 25.0 Å². The van der Waals surface area contributed by atoms with Crippen molar-refractivity contribution in [2.24, 2.45) is 5.92 Å². The summed E-state index contributed by atoms with van der Waals surface area (Å²) >= 11 is 0. The Hall–Kier alpha value is -2.24. The number of rotatable bonds is 6. The van der Waals surface area contributed by atoms with Gasteiger partial charge in [0.1, 0.15) is 11.8 Å². The van der Waals surface area contributed by atoms with Crippen LogP contribution in [-0.4, -0.2) is 44.1 Å². The van der Waals surface area contributed by atoms with Gasteiger partial charge in [0.15, 0.2) is 0 Å². The summed E-state index contributed by atoms with van der Waals surface area (Å²) in [5.41, 5.74) is 1.10. The molecule has 3 rings (SSSR count). The van der Waals surface area contributed by atoms with Gasteiger partial charge < -0.3 is 20.3 Å². The molecule has 1 aliphatic carbocycles. The molecule has 0 spiro atoms. The number of methoxy groups -OCH3 is 1. The summed E-state index contributed by atoms with van der Waals surface area (Å²) in [5.74, 6) is 0.996. The Balaban J connectivity index is 1.56. The van der Waals surface area contributed by atoms with Crippen LogP contribution in [0, 0.1) is 5.92 Å². The molecule has 0 bridgehead atoms. The fraction of sp³-hybridized carbons (Fsp3) is 0.619. The summed E-state index contributed by atoms with van der Waals surface area (Å²) in [5, 5.41) is 6.07. The van der Waals surface area contributed by atoms with E-state index in [2.05, 4.69) is 21.6 Å². The zero-order valence-corrected chi connectivity index (χ0v) is 16.4. The molecule has 0 radical (unpaired) electrons. The topological polar surface area (TPSA) is 70.7 Å². The average molecular weight is 373 g/mol. The van der Waals surface area contributed by atoms with Crippen LogP contribution in [0.25, 0.3) is 0 Å². The smallest absolute Gasteiger partial charge is 0.243 e. The van der Waals surface area contributed by atoms with Gasteiger partial charge in [-0.25, -0.2) is 0 Å². The minimum atomic E-state index is -0.391. The number of anilines is 1. The fourth-order valence-electron chi connectivity index (χ4n) is 4.35. The Kier molecular flexibility index (Phi) is 6.58. The van der Waals surface area contributed by atoms with E-state index in [0.717, 1.165) is 63.1 Å². The highest BCUT2D eigenvalue weighted by Crippen LogP contribution is 2.30. The number of para-hydroxylation sites is 2. The van der Waals surface area contributed by atoms with E-state index in [4.69, 9.17) is 4.74 Å². The van der Waals surface area contributed by atoms with Crippen molar-refractivity contribution >= 4 is 17.5 Å². The van der Waals surface area contributed by atoms with E-state index in [-0.39, 0.29) is 23.8 Å². The SMILES string of the molecule is COc1ccccc1N1CCC(NC(=O)C(NC(C)=O)C2CCCC2)CC1. The molecule has 1 aromatic rings. The summed E-state index contributed by atoms with van der Waals surface area (Å²) in [6.07, 6.45) is 6.11. The highest BCUT2D eigenvalue weighted by atomic mass is 16.5. The number of hydrogen-bond acceptors (Lipinski definition) is 4. The zero-order chi connectivity index (χ0) is 19.2. The lowest BCUT2D eigenvalue weighted by Crippen LogP contribution is -2.54. The lowest BCUT2D eigenvalue weighted by molar-refractivity contribution is -0.130. The molecule has 1 aromatic carbocycles. The first-order chi connectivity index (χ1) is 13.1. The van der Waals surface area contributed by atoms with Gasteiger partial charge in [-0.3, -0.25) is 9.59 Å². The Labute approximate surface area is 161 Å². The summed E-state index contributed by atoms with van der Waals surface area (Å²) in [6, 6.07) is 7.80. The van der Waals surface area contributed by atoms with Crippen molar-refractivity contribution in [2.45, 2.75) is 57.5 Å². The van der Waals surface area contributed by atoms with Gasteiger partial charge in [0.05, 0.1) is 12.8 Å². The number of piperidine rings is 1. The molecule has 1 saturated carbocycles. The van der Waals surface area contributed by atoms with E-state index in [9.17, 15) is 9.59 Å². The lowest BCUT2D eigenvalue weighted by Gasteiger charge is -2.35. The molecule has 1 heterocycles. The number of nitrogens with zero attached hydrogens (tertiary/aromatic N) is 1. The minimum absolute atomic E-state index is 0.0205. The van der Waals surface area contributed by atoms with Crippen LogP contribution in [0.3, 0.4) is 0 Å². The van der Waals surface area contributed by atoms with Crippen LogP contribution < -0.4 is 20.3 Å². The second kappa shape index (κ2) is 9.11. The predicted octanol–water partition coefficient (Wildman–Crippen LogP) is 2.48. The Morgan fingerprint density at radius 2 is 1.78 bits per heavy atom. The van der Waals surface area contributed by atoms with E-state index < -0.39 is 6.04 Å². The number of carbonyl (C=O) groups excluding carboxylic acids is 2. The highest BCUT2D eigenvalue weighted by Gasteiger charge is 2.33. The molecule has 148 valence electrons. The quantitative estimate of drug-likeness (QED) is 0.804. The number of hydrogen-bond donors (Lipinski definition) is 2. The maximum Gasteiger partial charge on any atom is 0.243 e. The van der Waals surface area contributed by atoms with Crippen LogP contribution >= 0.6 is 0 Å². The van der Waals surface area contributed by atoms with Crippen LogP contribution in [0.4, 0.5) is 5.69 Å². The van der Waals surface area contributed by atoms with Crippen molar-refractivity contribution in [3.05, 3.63) is 24.3 Å². The van der Waals surface area contributed by atoms with Gasteiger partial charge >= 0.3 is 0 Å². The third-order valence-electron chi connectivity index (χ3n) is 5.78. The fourth-order valence-corrected chi connectivity index (χ4v) is 4.35. The number of carbonyl (C=O) groups is 2. The third kappa shape index (κ3) is 4.93. The molecule has 6 nitrogen and oxygen atoms in total. The van der Waals surface area contributed by atoms with Crippen molar-refractivity contribution in [3.63, 3.8) is 0 Å². The van der Waals surface area contributed by atoms with Gasteiger partial charge in [0, 0.05) is 26.1 Å². The predicted molar refractivity (Wildman–Crippen MR) is 106 cm³/mol. The molecular weight excluding hydrogens is 342 g/mol. The number of ether oxygens (including phenoxy) is 1. The lowest BCUT2D eigenvalue weighted by atomic mass is 9.96. The van der Waals surface area contributed by atoms with Crippen molar-refractivity contribution in [2.75, 3.05) is 25.1 Å². The minimum Gasteiger partial charge on any atom is -0.495 e. The molecule has 27 heavy (non-hydrogen) atoms. The Morgan fingerprint density at radius 3 is 2.41 bits per heavy atom. The van der Waals surface area contributed by atoms with Gasteiger partial charge in [0.25, 0.3) is 0 Å². The largest absolute Gasteiger partial charge is 0.495 e. The normalized spacial score (nSPS) is 19.6. The van der Waals surface area contributed by atoms with Crippen molar-refractivity contribution in [1.82, 2.24) is 10.6 Å². The van der Waals surface area contributed by atoms with Gasteiger partial charge in [-0.05, 0) is 43.7 Å². The van der Waals surface area contributed by atoms with E-state index in [1.54, 1.807) is 7.11 Å². The van der Waals surface area contributed by atoms with E-state index in [1.165, 1.54) is 6.92 Å². The third-order valence-corrected chi connectivity index (χ3v) is 5.78. The molecule has 6 heteroatoms. The van der Waals surface area contributed by atoms with Crippen LogP contribution in [0.15, 0.2) is 24.3 Å². The second-order valence-electron chi connectivity index (χ2n) is 7.66. The van der Waals surface area contributed by atoms with Gasteiger partial charge in [-0.2, -0.15) is 0 Å². The maximum atomic E-state index is 12.8. The summed E-state index contributed by atoms with van der Waals surface area (Å²) < 4.78 is 5.46. The van der Waals surface area contributed by atoms with Crippen molar-refractivity contribution in [1.29, 1.82) is 0 Å². The van der Waals surface area contributed by atoms with Crippen molar-refractivity contribution < 1.29 is 14.3 Å². The molecule has 2 fully saturated rings. The zero-order valence-electron chi connectivity index (χ0n) is 16.4. The first kappa shape index (κ1) is 19.5. The molecule has 0 aromatic heterocycles. The molecule has 2 N–H and O–H groups in total. The number of nitrogens with one attached hydrogen (secondary N) is 2. The van der Waals surface area contributed by atoms with Crippen LogP contribution in [0.1, 0.15) is 45.4 Å². The van der Waals surface area contributed by atoms with E-state index in [0.29, 0.717) is 0 Å². The Bertz CT molecular complexity index is 650.